The van der Waals surface area contributed by atoms with Gasteiger partial charge in [-0.25, -0.2) is 0 Å². The van der Waals surface area contributed by atoms with Gasteiger partial charge in [0.1, 0.15) is 0 Å². The molecule has 0 aliphatic heterocycles. The fourth-order valence-electron chi connectivity index (χ4n) is 2.07. The maximum atomic E-state index is 6.35. The first kappa shape index (κ1) is 16.3. The summed E-state index contributed by atoms with van der Waals surface area (Å²) in [5.74, 6) is 0. The summed E-state index contributed by atoms with van der Waals surface area (Å²) in [7, 11) is 1.97. The Morgan fingerprint density at radius 1 is 1.37 bits per heavy atom. The van der Waals surface area contributed by atoms with Gasteiger partial charge >= 0.3 is 0 Å². The van der Waals surface area contributed by atoms with E-state index in [1.165, 1.54) is 12.0 Å². The van der Waals surface area contributed by atoms with Gasteiger partial charge in [-0.1, -0.05) is 37.1 Å². The van der Waals surface area contributed by atoms with Gasteiger partial charge in [0.2, 0.25) is 0 Å². The van der Waals surface area contributed by atoms with E-state index in [1.807, 2.05) is 11.7 Å². The summed E-state index contributed by atoms with van der Waals surface area (Å²) in [5, 5.41) is 8.68. The molecule has 0 bridgehead atoms. The molecule has 0 aliphatic rings. The number of halogens is 1. The van der Waals surface area contributed by atoms with E-state index in [-0.39, 0.29) is 0 Å². The van der Waals surface area contributed by atoms with Crippen molar-refractivity contribution >= 4 is 11.6 Å². The van der Waals surface area contributed by atoms with E-state index in [0.717, 1.165) is 48.8 Å². The molecule has 0 saturated heterocycles. The molecule has 1 heterocycles. The zero-order chi connectivity index (χ0) is 14.3. The van der Waals surface area contributed by atoms with Crippen molar-refractivity contribution in [2.75, 3.05) is 13.1 Å². The molecule has 0 amide bonds. The predicted molar refractivity (Wildman–Crippen MR) is 82.8 cm³/mol. The van der Waals surface area contributed by atoms with Crippen LogP contribution in [0.1, 0.15) is 45.0 Å². The number of nitrogens with one attached hydrogen (secondary N) is 1. The first-order valence-electron chi connectivity index (χ1n) is 7.16. The molecule has 0 unspecified atom stereocenters. The summed E-state index contributed by atoms with van der Waals surface area (Å²) in [4.78, 5) is 0. The van der Waals surface area contributed by atoms with Gasteiger partial charge in [0.15, 0.2) is 0 Å². The second kappa shape index (κ2) is 8.39. The molecule has 0 spiro atoms. The number of aryl methyl sites for hydroxylation is 2. The molecule has 1 aromatic rings. The second-order valence-corrected chi connectivity index (χ2v) is 5.33. The van der Waals surface area contributed by atoms with Gasteiger partial charge in [-0.15, -0.1) is 0 Å². The Balaban J connectivity index is 2.54. The highest BCUT2D eigenvalue weighted by molar-refractivity contribution is 6.31. The van der Waals surface area contributed by atoms with Crippen molar-refractivity contribution in [3.05, 3.63) is 28.1 Å². The Bertz CT molecular complexity index is 421. The molecule has 19 heavy (non-hydrogen) atoms. The van der Waals surface area contributed by atoms with Gasteiger partial charge in [0, 0.05) is 13.5 Å². The molecule has 0 fully saturated rings. The monoisotopic (exact) mass is 283 g/mol. The first-order chi connectivity index (χ1) is 9.10. The minimum atomic E-state index is 0.835. The fraction of sp³-hybridized carbons (Fsp3) is 0.667. The Hall–Kier alpha value is -0.800. The average Bonchev–Trinajstić information content (AvgIpc) is 2.66. The van der Waals surface area contributed by atoms with Crippen molar-refractivity contribution in [3.8, 4) is 0 Å². The Morgan fingerprint density at radius 2 is 2.11 bits per heavy atom. The zero-order valence-electron chi connectivity index (χ0n) is 12.6. The topological polar surface area (TPSA) is 29.9 Å². The lowest BCUT2D eigenvalue weighted by atomic mass is 10.1. The van der Waals surface area contributed by atoms with Crippen molar-refractivity contribution in [2.45, 2.75) is 46.5 Å². The van der Waals surface area contributed by atoms with E-state index >= 15 is 0 Å². The van der Waals surface area contributed by atoms with Gasteiger partial charge in [-0.3, -0.25) is 4.68 Å². The number of nitrogens with zero attached hydrogens (tertiary/aromatic N) is 2. The van der Waals surface area contributed by atoms with E-state index in [0.29, 0.717) is 0 Å². The molecule has 4 heteroatoms. The largest absolute Gasteiger partial charge is 0.316 e. The molecule has 0 radical (unpaired) electrons. The van der Waals surface area contributed by atoms with Crippen LogP contribution in [-0.4, -0.2) is 22.9 Å². The summed E-state index contributed by atoms with van der Waals surface area (Å²) in [5.41, 5.74) is 3.47. The molecule has 108 valence electrons. The standard InChI is InChI=1S/C15H26ClN3/c1-5-9-17-10-7-8-12(3)11-14-15(16)13(6-2)18-19(14)4/h8,17H,5-7,9-11H2,1-4H3. The molecule has 1 aromatic heterocycles. The van der Waals surface area contributed by atoms with Crippen LogP contribution >= 0.6 is 11.6 Å². The average molecular weight is 284 g/mol. The SMILES string of the molecule is CCCNCCC=C(C)Cc1c(Cl)c(CC)nn1C. The molecule has 0 aromatic carbocycles. The highest BCUT2D eigenvalue weighted by Crippen LogP contribution is 2.23. The molecule has 0 saturated carbocycles. The Kier molecular flexibility index (Phi) is 7.17. The molecule has 0 aliphatic carbocycles. The zero-order valence-corrected chi connectivity index (χ0v) is 13.3. The predicted octanol–water partition coefficient (Wildman–Crippen LogP) is 3.51. The van der Waals surface area contributed by atoms with E-state index in [2.05, 4.69) is 37.3 Å². The van der Waals surface area contributed by atoms with Crippen LogP contribution in [0.5, 0.6) is 0 Å². The van der Waals surface area contributed by atoms with E-state index in [1.54, 1.807) is 0 Å². The van der Waals surface area contributed by atoms with Crippen molar-refractivity contribution in [3.63, 3.8) is 0 Å². The third-order valence-electron chi connectivity index (χ3n) is 3.19. The van der Waals surface area contributed by atoms with Crippen molar-refractivity contribution < 1.29 is 0 Å². The second-order valence-electron chi connectivity index (χ2n) is 4.95. The number of aromatic nitrogens is 2. The number of hydrogen-bond donors (Lipinski definition) is 1. The van der Waals surface area contributed by atoms with Crippen LogP contribution in [-0.2, 0) is 19.9 Å². The molecular weight excluding hydrogens is 258 g/mol. The van der Waals surface area contributed by atoms with Crippen LogP contribution in [0.3, 0.4) is 0 Å². The van der Waals surface area contributed by atoms with Crippen LogP contribution in [0.4, 0.5) is 0 Å². The minimum Gasteiger partial charge on any atom is -0.316 e. The van der Waals surface area contributed by atoms with E-state index < -0.39 is 0 Å². The maximum absolute atomic E-state index is 6.35. The summed E-state index contributed by atoms with van der Waals surface area (Å²) < 4.78 is 1.91. The Morgan fingerprint density at radius 3 is 2.68 bits per heavy atom. The third kappa shape index (κ3) is 5.00. The van der Waals surface area contributed by atoms with E-state index in [4.69, 9.17) is 11.6 Å². The van der Waals surface area contributed by atoms with Crippen LogP contribution in [0.2, 0.25) is 5.02 Å². The summed E-state index contributed by atoms with van der Waals surface area (Å²) >= 11 is 6.35. The van der Waals surface area contributed by atoms with Gasteiger partial charge in [0.05, 0.1) is 16.4 Å². The van der Waals surface area contributed by atoms with Gasteiger partial charge in [-0.05, 0) is 39.3 Å². The van der Waals surface area contributed by atoms with Crippen molar-refractivity contribution in [1.29, 1.82) is 0 Å². The highest BCUT2D eigenvalue weighted by Gasteiger charge is 2.12. The molecule has 0 atom stereocenters. The van der Waals surface area contributed by atoms with Crippen LogP contribution in [0, 0.1) is 0 Å². The summed E-state index contributed by atoms with van der Waals surface area (Å²) in [6.45, 7) is 8.57. The minimum absolute atomic E-state index is 0.835. The normalized spacial score (nSPS) is 12.2. The Labute approximate surface area is 122 Å². The fourth-order valence-corrected chi connectivity index (χ4v) is 2.43. The van der Waals surface area contributed by atoms with Crippen molar-refractivity contribution in [1.82, 2.24) is 15.1 Å². The number of allylic oxidation sites excluding steroid dienone is 1. The highest BCUT2D eigenvalue weighted by atomic mass is 35.5. The number of rotatable bonds is 8. The van der Waals surface area contributed by atoms with Crippen LogP contribution in [0.15, 0.2) is 11.6 Å². The molecule has 1 rings (SSSR count). The summed E-state index contributed by atoms with van der Waals surface area (Å²) in [6.07, 6.45) is 6.32. The number of hydrogen-bond acceptors (Lipinski definition) is 2. The molecule has 3 nitrogen and oxygen atoms in total. The quantitative estimate of drug-likeness (QED) is 0.584. The van der Waals surface area contributed by atoms with Crippen molar-refractivity contribution in [2.24, 2.45) is 7.05 Å². The lowest BCUT2D eigenvalue weighted by Crippen LogP contribution is -2.15. The van der Waals surface area contributed by atoms with Gasteiger partial charge in [0.25, 0.3) is 0 Å². The van der Waals surface area contributed by atoms with Gasteiger partial charge < -0.3 is 5.32 Å². The third-order valence-corrected chi connectivity index (χ3v) is 3.63. The molecular formula is C15H26ClN3. The van der Waals surface area contributed by atoms with E-state index in [9.17, 15) is 0 Å². The maximum Gasteiger partial charge on any atom is 0.0853 e. The first-order valence-corrected chi connectivity index (χ1v) is 7.54. The van der Waals surface area contributed by atoms with Gasteiger partial charge in [-0.2, -0.15) is 5.10 Å². The van der Waals surface area contributed by atoms with Crippen LogP contribution < -0.4 is 5.32 Å². The lowest BCUT2D eigenvalue weighted by molar-refractivity contribution is 0.675. The summed E-state index contributed by atoms with van der Waals surface area (Å²) in [6, 6.07) is 0. The smallest absolute Gasteiger partial charge is 0.0853 e. The van der Waals surface area contributed by atoms with Crippen LogP contribution in [0.25, 0.3) is 0 Å². The molecule has 1 N–H and O–H groups in total. The lowest BCUT2D eigenvalue weighted by Gasteiger charge is -2.04.